The molecule has 9 nitrogen and oxygen atoms in total. The van der Waals surface area contributed by atoms with Crippen molar-refractivity contribution in [2.45, 2.75) is 58.0 Å². The van der Waals surface area contributed by atoms with E-state index < -0.39 is 5.82 Å². The summed E-state index contributed by atoms with van der Waals surface area (Å²) in [7, 11) is 1.50. The molecule has 38 heavy (non-hydrogen) atoms. The van der Waals surface area contributed by atoms with E-state index in [0.29, 0.717) is 51.8 Å². The predicted molar refractivity (Wildman–Crippen MR) is 140 cm³/mol. The third kappa shape index (κ3) is 5.65. The SMILES string of the molecule is COCC(=O)N[C@H]1CC[C@@H](NC(=O)c2c(C)[nH]c3c(-c4cc(F)ccc4OCC4CC4)ncnc23)[C@H](C)C1. The first kappa shape index (κ1) is 26.1. The Kier molecular flexibility index (Phi) is 7.60. The van der Waals surface area contributed by atoms with Gasteiger partial charge in [-0.1, -0.05) is 6.92 Å². The van der Waals surface area contributed by atoms with Gasteiger partial charge >= 0.3 is 0 Å². The van der Waals surface area contributed by atoms with Crippen LogP contribution in [0.1, 0.15) is 55.1 Å². The van der Waals surface area contributed by atoms with Crippen molar-refractivity contribution in [2.75, 3.05) is 20.3 Å². The highest BCUT2D eigenvalue weighted by molar-refractivity contribution is 6.09. The summed E-state index contributed by atoms with van der Waals surface area (Å²) in [6.45, 7) is 4.52. The van der Waals surface area contributed by atoms with Crippen LogP contribution in [0.25, 0.3) is 22.3 Å². The Bertz CT molecular complexity index is 1340. The smallest absolute Gasteiger partial charge is 0.255 e. The maximum absolute atomic E-state index is 14.3. The minimum Gasteiger partial charge on any atom is -0.493 e. The van der Waals surface area contributed by atoms with Crippen molar-refractivity contribution < 1.29 is 23.5 Å². The molecule has 10 heteroatoms. The first-order valence-electron chi connectivity index (χ1n) is 13.2. The van der Waals surface area contributed by atoms with Crippen molar-refractivity contribution in [3.63, 3.8) is 0 Å². The predicted octanol–water partition coefficient (Wildman–Crippen LogP) is 3.91. The molecule has 0 unspecified atom stereocenters. The zero-order valence-electron chi connectivity index (χ0n) is 22.0. The van der Waals surface area contributed by atoms with Gasteiger partial charge in [-0.15, -0.1) is 0 Å². The van der Waals surface area contributed by atoms with Crippen LogP contribution in [0.4, 0.5) is 4.39 Å². The molecule has 0 bridgehead atoms. The Balaban J connectivity index is 1.36. The summed E-state index contributed by atoms with van der Waals surface area (Å²) in [4.78, 5) is 37.5. The number of methoxy groups -OCH3 is 1. The van der Waals surface area contributed by atoms with Gasteiger partial charge in [-0.25, -0.2) is 14.4 Å². The lowest BCUT2D eigenvalue weighted by Gasteiger charge is -2.35. The van der Waals surface area contributed by atoms with E-state index in [1.54, 1.807) is 6.07 Å². The standard InChI is InChI=1S/C28H34FN5O4/c1-15-10-19(33-23(35)13-37-3)7-8-21(15)34-28(36)24-16(2)32-27-25(30-14-31-26(24)27)20-11-18(29)6-9-22(20)38-12-17-4-5-17/h6,9,11,14-15,17,19,21,32H,4-5,7-8,10,12-13H2,1-3H3,(H,33,35)(H,34,36)/t15-,19+,21-/m1/s1. The molecule has 0 aliphatic heterocycles. The molecule has 0 spiro atoms. The second-order valence-corrected chi connectivity index (χ2v) is 10.5. The van der Waals surface area contributed by atoms with Gasteiger partial charge in [0.15, 0.2) is 0 Å². The number of carbonyl (C=O) groups excluding carboxylic acids is 2. The summed E-state index contributed by atoms with van der Waals surface area (Å²) in [6.07, 6.45) is 5.97. The summed E-state index contributed by atoms with van der Waals surface area (Å²) >= 11 is 0. The van der Waals surface area contributed by atoms with Gasteiger partial charge in [-0.3, -0.25) is 9.59 Å². The van der Waals surface area contributed by atoms with E-state index in [9.17, 15) is 14.0 Å². The van der Waals surface area contributed by atoms with Gasteiger partial charge in [0, 0.05) is 30.5 Å². The first-order valence-corrected chi connectivity index (χ1v) is 13.2. The number of nitrogens with one attached hydrogen (secondary N) is 3. The molecular formula is C28H34FN5O4. The maximum Gasteiger partial charge on any atom is 0.255 e. The Morgan fingerprint density at radius 3 is 2.71 bits per heavy atom. The van der Waals surface area contributed by atoms with E-state index in [4.69, 9.17) is 9.47 Å². The fourth-order valence-electron chi connectivity index (χ4n) is 5.29. The van der Waals surface area contributed by atoms with E-state index in [2.05, 4.69) is 32.5 Å². The van der Waals surface area contributed by atoms with E-state index in [-0.39, 0.29) is 36.4 Å². The largest absolute Gasteiger partial charge is 0.493 e. The number of amides is 2. The van der Waals surface area contributed by atoms with Crippen LogP contribution < -0.4 is 15.4 Å². The van der Waals surface area contributed by atoms with Crippen LogP contribution in [0.3, 0.4) is 0 Å². The molecule has 3 aromatic rings. The second kappa shape index (κ2) is 11.1. The molecule has 2 fully saturated rings. The summed E-state index contributed by atoms with van der Waals surface area (Å²) in [5.74, 6) is 0.530. The molecule has 2 aromatic heterocycles. The number of carbonyl (C=O) groups is 2. The van der Waals surface area contributed by atoms with Crippen molar-refractivity contribution in [3.05, 3.63) is 41.6 Å². The van der Waals surface area contributed by atoms with Crippen molar-refractivity contribution in [3.8, 4) is 17.0 Å². The van der Waals surface area contributed by atoms with Crippen molar-refractivity contribution in [1.82, 2.24) is 25.6 Å². The molecule has 2 saturated carbocycles. The van der Waals surface area contributed by atoms with Gasteiger partial charge in [-0.05, 0) is 69.1 Å². The quantitative estimate of drug-likeness (QED) is 0.391. The number of halogens is 1. The van der Waals surface area contributed by atoms with E-state index >= 15 is 0 Å². The lowest BCUT2D eigenvalue weighted by Crippen LogP contribution is -2.48. The fourth-order valence-corrected chi connectivity index (χ4v) is 5.29. The van der Waals surface area contributed by atoms with E-state index in [0.717, 1.165) is 32.1 Å². The number of nitrogens with zero attached hydrogens (tertiary/aromatic N) is 2. The average molecular weight is 524 g/mol. The zero-order valence-corrected chi connectivity index (χ0v) is 22.0. The third-order valence-electron chi connectivity index (χ3n) is 7.49. The number of ether oxygens (including phenoxy) is 2. The van der Waals surface area contributed by atoms with Crippen molar-refractivity contribution >= 4 is 22.8 Å². The van der Waals surface area contributed by atoms with Gasteiger partial charge in [0.25, 0.3) is 5.91 Å². The van der Waals surface area contributed by atoms with Crippen LogP contribution in [-0.4, -0.2) is 59.2 Å². The minimum atomic E-state index is -0.394. The molecule has 1 aromatic carbocycles. The molecule has 3 N–H and O–H groups in total. The molecule has 5 rings (SSSR count). The molecule has 2 amide bonds. The molecule has 202 valence electrons. The van der Waals surface area contributed by atoms with Crippen LogP contribution in [0, 0.1) is 24.6 Å². The third-order valence-corrected chi connectivity index (χ3v) is 7.49. The molecule has 2 aliphatic rings. The molecule has 0 saturated heterocycles. The number of aromatic nitrogens is 3. The summed E-state index contributed by atoms with van der Waals surface area (Å²) < 4.78 is 25.2. The lowest BCUT2D eigenvalue weighted by molar-refractivity contribution is -0.125. The van der Waals surface area contributed by atoms with Crippen LogP contribution in [-0.2, 0) is 9.53 Å². The first-order chi connectivity index (χ1) is 18.3. The minimum absolute atomic E-state index is 0.0330. The normalized spacial score (nSPS) is 21.3. The molecular weight excluding hydrogens is 489 g/mol. The van der Waals surface area contributed by atoms with Gasteiger partial charge in [0.2, 0.25) is 5.91 Å². The summed E-state index contributed by atoms with van der Waals surface area (Å²) in [6, 6.07) is 4.44. The van der Waals surface area contributed by atoms with E-state index in [1.807, 2.05) is 6.92 Å². The Labute approximate surface area is 220 Å². The Morgan fingerprint density at radius 1 is 1.16 bits per heavy atom. The average Bonchev–Trinajstić information content (AvgIpc) is 3.64. The van der Waals surface area contributed by atoms with Gasteiger partial charge in [0.05, 0.1) is 17.7 Å². The van der Waals surface area contributed by atoms with Crippen LogP contribution >= 0.6 is 0 Å². The second-order valence-electron chi connectivity index (χ2n) is 10.5. The molecule has 2 aliphatic carbocycles. The maximum atomic E-state index is 14.3. The topological polar surface area (TPSA) is 118 Å². The van der Waals surface area contributed by atoms with Crippen molar-refractivity contribution in [1.29, 1.82) is 0 Å². The van der Waals surface area contributed by atoms with Gasteiger partial charge in [0.1, 0.15) is 35.7 Å². The number of fused-ring (bicyclic) bond motifs is 1. The van der Waals surface area contributed by atoms with Gasteiger partial charge < -0.3 is 25.1 Å². The molecule has 3 atom stereocenters. The van der Waals surface area contributed by atoms with Crippen LogP contribution in [0.2, 0.25) is 0 Å². The highest BCUT2D eigenvalue weighted by atomic mass is 19.1. The highest BCUT2D eigenvalue weighted by Crippen LogP contribution is 2.37. The number of hydrogen-bond acceptors (Lipinski definition) is 6. The van der Waals surface area contributed by atoms with E-state index in [1.165, 1.54) is 25.6 Å². The number of hydrogen-bond donors (Lipinski definition) is 3. The summed E-state index contributed by atoms with van der Waals surface area (Å²) in [5, 5.41) is 6.18. The van der Waals surface area contributed by atoms with Crippen molar-refractivity contribution in [2.24, 2.45) is 11.8 Å². The molecule has 0 radical (unpaired) electrons. The molecule has 2 heterocycles. The van der Waals surface area contributed by atoms with Crippen LogP contribution in [0.5, 0.6) is 5.75 Å². The number of H-pyrrole nitrogens is 1. The number of rotatable bonds is 9. The monoisotopic (exact) mass is 523 g/mol. The number of aromatic amines is 1. The fraction of sp³-hybridized carbons (Fsp3) is 0.500. The number of aryl methyl sites for hydroxylation is 1. The lowest BCUT2D eigenvalue weighted by atomic mass is 9.82. The highest BCUT2D eigenvalue weighted by Gasteiger charge is 2.31. The van der Waals surface area contributed by atoms with Gasteiger partial charge in [-0.2, -0.15) is 0 Å². The summed E-state index contributed by atoms with van der Waals surface area (Å²) in [5.41, 5.74) is 3.16. The Hall–Kier alpha value is -3.53. The van der Waals surface area contributed by atoms with Crippen LogP contribution in [0.15, 0.2) is 24.5 Å². The zero-order chi connectivity index (χ0) is 26.8. The number of benzene rings is 1. The Morgan fingerprint density at radius 2 is 1.97 bits per heavy atom.